The van der Waals surface area contributed by atoms with E-state index in [2.05, 4.69) is 22.5 Å². The summed E-state index contributed by atoms with van der Waals surface area (Å²) in [6.45, 7) is 3.53. The summed E-state index contributed by atoms with van der Waals surface area (Å²) in [4.78, 5) is 27.3. The van der Waals surface area contributed by atoms with Crippen LogP contribution in [0.5, 0.6) is 0 Å². The van der Waals surface area contributed by atoms with E-state index in [-0.39, 0.29) is 11.9 Å². The van der Waals surface area contributed by atoms with Crippen LogP contribution in [-0.4, -0.2) is 30.3 Å². The predicted molar refractivity (Wildman–Crippen MR) is 94.1 cm³/mol. The fourth-order valence-corrected chi connectivity index (χ4v) is 2.41. The molecule has 0 radical (unpaired) electrons. The highest BCUT2D eigenvalue weighted by atomic mass is 16.1. The Kier molecular flexibility index (Phi) is 7.11. The van der Waals surface area contributed by atoms with Crippen LogP contribution in [0.25, 0.3) is 0 Å². The van der Waals surface area contributed by atoms with Crippen LogP contribution in [0.2, 0.25) is 0 Å². The van der Waals surface area contributed by atoms with E-state index in [9.17, 15) is 9.59 Å². The van der Waals surface area contributed by atoms with E-state index < -0.39 is 0 Å². The fraction of sp³-hybridized carbons (Fsp3) is 0.316. The number of nitrogens with one attached hydrogen (secondary N) is 2. The number of nitrogens with zero attached hydrogens (tertiary/aromatic N) is 1. The summed E-state index contributed by atoms with van der Waals surface area (Å²) in [7, 11) is 0. The monoisotopic (exact) mass is 325 g/mol. The maximum Gasteiger partial charge on any atom is 0.252 e. The molecule has 0 spiro atoms. The van der Waals surface area contributed by atoms with E-state index in [1.54, 1.807) is 30.5 Å². The maximum atomic E-state index is 12.1. The molecule has 0 aliphatic carbocycles. The summed E-state index contributed by atoms with van der Waals surface area (Å²) in [5, 5.41) is 6.27. The summed E-state index contributed by atoms with van der Waals surface area (Å²) in [6, 6.07) is 12.9. The van der Waals surface area contributed by atoms with Crippen molar-refractivity contribution in [1.29, 1.82) is 0 Å². The average Bonchev–Trinajstić information content (AvgIpc) is 2.64. The maximum absolute atomic E-state index is 12.1. The third-order valence-electron chi connectivity index (χ3n) is 3.80. The van der Waals surface area contributed by atoms with Crippen molar-refractivity contribution in [2.45, 2.75) is 25.8 Å². The highest BCUT2D eigenvalue weighted by Crippen LogP contribution is 2.08. The molecular weight excluding hydrogens is 302 g/mol. The zero-order chi connectivity index (χ0) is 17.2. The number of hydrogen-bond acceptors (Lipinski definition) is 4. The molecule has 0 saturated carbocycles. The molecule has 0 bridgehead atoms. The third-order valence-corrected chi connectivity index (χ3v) is 3.80. The number of aldehydes is 1. The Morgan fingerprint density at radius 1 is 1.12 bits per heavy atom. The van der Waals surface area contributed by atoms with Crippen molar-refractivity contribution in [1.82, 2.24) is 15.6 Å². The molecule has 0 saturated heterocycles. The molecule has 1 amide bonds. The van der Waals surface area contributed by atoms with E-state index in [1.807, 2.05) is 18.2 Å². The van der Waals surface area contributed by atoms with Gasteiger partial charge in [-0.2, -0.15) is 0 Å². The quantitative estimate of drug-likeness (QED) is 0.549. The van der Waals surface area contributed by atoms with Gasteiger partial charge in [0.05, 0.1) is 5.69 Å². The number of benzene rings is 1. The van der Waals surface area contributed by atoms with E-state index in [0.717, 1.165) is 25.1 Å². The normalized spacial score (nSPS) is 11.7. The largest absolute Gasteiger partial charge is 0.352 e. The Bertz CT molecular complexity index is 659. The first-order valence-corrected chi connectivity index (χ1v) is 8.19. The molecule has 0 fully saturated rings. The second-order valence-corrected chi connectivity index (χ2v) is 5.60. The number of rotatable bonds is 9. The van der Waals surface area contributed by atoms with Gasteiger partial charge >= 0.3 is 0 Å². The van der Waals surface area contributed by atoms with Gasteiger partial charge in [-0.1, -0.05) is 24.3 Å². The van der Waals surface area contributed by atoms with E-state index >= 15 is 0 Å². The topological polar surface area (TPSA) is 71.1 Å². The van der Waals surface area contributed by atoms with Crippen LogP contribution in [0, 0.1) is 0 Å². The fourth-order valence-electron chi connectivity index (χ4n) is 2.41. The van der Waals surface area contributed by atoms with Gasteiger partial charge < -0.3 is 10.6 Å². The number of amides is 1. The highest BCUT2D eigenvalue weighted by Gasteiger charge is 2.09. The van der Waals surface area contributed by atoms with Crippen molar-refractivity contribution >= 4 is 12.2 Å². The molecule has 2 aromatic rings. The van der Waals surface area contributed by atoms with Crippen molar-refractivity contribution in [3.05, 3.63) is 65.5 Å². The summed E-state index contributed by atoms with van der Waals surface area (Å²) in [5.41, 5.74) is 1.87. The van der Waals surface area contributed by atoms with E-state index in [0.29, 0.717) is 24.0 Å². The van der Waals surface area contributed by atoms with Crippen LogP contribution in [0.4, 0.5) is 0 Å². The van der Waals surface area contributed by atoms with Crippen molar-refractivity contribution in [3.8, 4) is 0 Å². The molecule has 1 unspecified atom stereocenters. The number of carbonyl (C=O) groups excluding carboxylic acids is 2. The lowest BCUT2D eigenvalue weighted by Gasteiger charge is -2.13. The van der Waals surface area contributed by atoms with E-state index in [4.69, 9.17) is 0 Å². The number of pyridine rings is 1. The summed E-state index contributed by atoms with van der Waals surface area (Å²) < 4.78 is 0. The van der Waals surface area contributed by atoms with Crippen LogP contribution in [0.1, 0.15) is 52.2 Å². The summed E-state index contributed by atoms with van der Waals surface area (Å²) in [5.74, 6) is -0.201. The van der Waals surface area contributed by atoms with Gasteiger partial charge in [-0.3, -0.25) is 14.6 Å². The lowest BCUT2D eigenvalue weighted by Crippen LogP contribution is -2.26. The third kappa shape index (κ3) is 5.28. The smallest absolute Gasteiger partial charge is 0.252 e. The molecule has 2 rings (SSSR count). The first-order valence-electron chi connectivity index (χ1n) is 8.19. The minimum absolute atomic E-state index is 0.201. The van der Waals surface area contributed by atoms with Gasteiger partial charge in [-0.05, 0) is 44.5 Å². The Hall–Kier alpha value is -2.53. The van der Waals surface area contributed by atoms with Crippen LogP contribution in [-0.2, 0) is 0 Å². The second kappa shape index (κ2) is 9.57. The molecule has 1 aromatic heterocycles. The zero-order valence-electron chi connectivity index (χ0n) is 13.9. The average molecular weight is 325 g/mol. The molecule has 0 aliphatic heterocycles. The van der Waals surface area contributed by atoms with Gasteiger partial charge in [0.15, 0.2) is 6.29 Å². The molecule has 1 heterocycles. The highest BCUT2D eigenvalue weighted by molar-refractivity contribution is 6.01. The Morgan fingerprint density at radius 3 is 2.62 bits per heavy atom. The number of unbranched alkanes of at least 4 members (excludes halogenated alkanes) is 1. The lowest BCUT2D eigenvalue weighted by atomic mass is 10.1. The van der Waals surface area contributed by atoms with Gasteiger partial charge in [0.25, 0.3) is 5.91 Å². The molecular formula is C19H23N3O2. The van der Waals surface area contributed by atoms with Gasteiger partial charge in [-0.15, -0.1) is 0 Å². The number of hydrogen-bond donors (Lipinski definition) is 2. The minimum Gasteiger partial charge on any atom is -0.352 e. The van der Waals surface area contributed by atoms with Crippen LogP contribution in [0.15, 0.2) is 48.7 Å². The standard InChI is InChI=1S/C19H23N3O2/c1-15(18-10-4-5-12-21-18)20-11-6-7-13-22-19(24)17-9-3-2-8-16(17)14-23/h2-5,8-10,12,14-15,20H,6-7,11,13H2,1H3,(H,22,24). The Morgan fingerprint density at radius 2 is 1.88 bits per heavy atom. The lowest BCUT2D eigenvalue weighted by molar-refractivity contribution is 0.0947. The second-order valence-electron chi connectivity index (χ2n) is 5.60. The molecule has 5 heteroatoms. The summed E-state index contributed by atoms with van der Waals surface area (Å²) in [6.07, 6.45) is 4.32. The molecule has 1 aromatic carbocycles. The van der Waals surface area contributed by atoms with Gasteiger partial charge in [0.1, 0.15) is 0 Å². The summed E-state index contributed by atoms with van der Waals surface area (Å²) >= 11 is 0. The Labute approximate surface area is 142 Å². The predicted octanol–water partition coefficient (Wildman–Crippen LogP) is 2.75. The van der Waals surface area contributed by atoms with Crippen LogP contribution < -0.4 is 10.6 Å². The van der Waals surface area contributed by atoms with Crippen LogP contribution in [0.3, 0.4) is 0 Å². The van der Waals surface area contributed by atoms with Crippen molar-refractivity contribution in [2.24, 2.45) is 0 Å². The zero-order valence-corrected chi connectivity index (χ0v) is 13.9. The minimum atomic E-state index is -0.201. The first-order chi connectivity index (χ1) is 11.7. The van der Waals surface area contributed by atoms with E-state index in [1.165, 1.54) is 0 Å². The number of aromatic nitrogens is 1. The molecule has 126 valence electrons. The molecule has 5 nitrogen and oxygen atoms in total. The molecule has 1 atom stereocenters. The van der Waals surface area contributed by atoms with Crippen LogP contribution >= 0.6 is 0 Å². The van der Waals surface area contributed by atoms with Crippen molar-refractivity contribution in [3.63, 3.8) is 0 Å². The van der Waals surface area contributed by atoms with Gasteiger partial charge in [0, 0.05) is 29.9 Å². The molecule has 24 heavy (non-hydrogen) atoms. The molecule has 2 N–H and O–H groups in total. The van der Waals surface area contributed by atoms with Crippen molar-refractivity contribution < 1.29 is 9.59 Å². The van der Waals surface area contributed by atoms with Crippen molar-refractivity contribution in [2.75, 3.05) is 13.1 Å². The van der Waals surface area contributed by atoms with Gasteiger partial charge in [0.2, 0.25) is 0 Å². The van der Waals surface area contributed by atoms with Gasteiger partial charge in [-0.25, -0.2) is 0 Å². The Balaban J connectivity index is 1.64. The first kappa shape index (κ1) is 17.8. The SMILES string of the molecule is CC(NCCCCNC(=O)c1ccccc1C=O)c1ccccn1. The molecule has 0 aliphatic rings. The number of carbonyl (C=O) groups is 2.